The molecule has 4 nitrogen and oxygen atoms in total. The van der Waals surface area contributed by atoms with Gasteiger partial charge in [-0.05, 0) is 12.1 Å². The van der Waals surface area contributed by atoms with Gasteiger partial charge in [-0.2, -0.15) is 5.26 Å². The first-order valence-electron chi connectivity index (χ1n) is 7.87. The molecule has 0 aliphatic rings. The number of thiazole rings is 1. The van der Waals surface area contributed by atoms with Crippen LogP contribution in [0.3, 0.4) is 0 Å². The highest BCUT2D eigenvalue weighted by molar-refractivity contribution is 7.15. The van der Waals surface area contributed by atoms with Crippen LogP contribution in [0.1, 0.15) is 5.69 Å². The van der Waals surface area contributed by atoms with Gasteiger partial charge in [0.05, 0.1) is 36.7 Å². The lowest BCUT2D eigenvalue weighted by molar-refractivity contribution is 0.415. The second-order valence-electron chi connectivity index (χ2n) is 5.58. The van der Waals surface area contributed by atoms with Crippen molar-refractivity contribution in [3.8, 4) is 34.3 Å². The Bertz CT molecular complexity index is 1070. The van der Waals surface area contributed by atoms with Crippen LogP contribution in [-0.4, -0.2) is 16.5 Å². The van der Waals surface area contributed by atoms with E-state index in [1.54, 1.807) is 18.4 Å². The predicted octanol–water partition coefficient (Wildman–Crippen LogP) is 4.80. The van der Waals surface area contributed by atoms with E-state index in [-0.39, 0.29) is 0 Å². The third-order valence-electron chi connectivity index (χ3n) is 4.12. The first-order chi connectivity index (χ1) is 12.3. The van der Waals surface area contributed by atoms with Crippen molar-refractivity contribution in [2.24, 2.45) is 0 Å². The number of benzene rings is 2. The fourth-order valence-electron chi connectivity index (χ4n) is 2.96. The standard InChI is InChI=1S/C20H15N3OS/c1-24-16-9-5-8-15(12-16)18-13-25-20-22-19(14-6-3-2-4-7-14)17(10-11-21)23(18)20/h2-9,12-13H,10H2,1H3. The monoisotopic (exact) mass is 345 g/mol. The molecule has 0 unspecified atom stereocenters. The van der Waals surface area contributed by atoms with Crippen molar-refractivity contribution < 1.29 is 4.74 Å². The molecule has 0 radical (unpaired) electrons. The number of rotatable bonds is 4. The van der Waals surface area contributed by atoms with E-state index in [1.807, 2.05) is 54.6 Å². The Labute approximate surface area is 149 Å². The smallest absolute Gasteiger partial charge is 0.194 e. The van der Waals surface area contributed by atoms with Crippen LogP contribution < -0.4 is 4.74 Å². The number of hydrogen-bond acceptors (Lipinski definition) is 4. The van der Waals surface area contributed by atoms with Crippen molar-refractivity contribution in [3.05, 3.63) is 65.7 Å². The van der Waals surface area contributed by atoms with Crippen molar-refractivity contribution in [3.63, 3.8) is 0 Å². The van der Waals surface area contributed by atoms with Crippen molar-refractivity contribution in [1.82, 2.24) is 9.38 Å². The van der Waals surface area contributed by atoms with Crippen LogP contribution in [0.25, 0.3) is 27.5 Å². The zero-order valence-electron chi connectivity index (χ0n) is 13.6. The van der Waals surface area contributed by atoms with E-state index in [0.29, 0.717) is 6.42 Å². The maximum Gasteiger partial charge on any atom is 0.194 e. The van der Waals surface area contributed by atoms with Crippen LogP contribution in [0.2, 0.25) is 0 Å². The van der Waals surface area contributed by atoms with Crippen LogP contribution >= 0.6 is 11.3 Å². The highest BCUT2D eigenvalue weighted by atomic mass is 32.1. The van der Waals surface area contributed by atoms with Crippen LogP contribution in [0.4, 0.5) is 0 Å². The van der Waals surface area contributed by atoms with Crippen LogP contribution in [0, 0.1) is 11.3 Å². The largest absolute Gasteiger partial charge is 0.497 e. The Kier molecular flexibility index (Phi) is 3.96. The fourth-order valence-corrected chi connectivity index (χ4v) is 3.88. The van der Waals surface area contributed by atoms with Crippen LogP contribution in [0.15, 0.2) is 60.0 Å². The molecule has 4 aromatic rings. The van der Waals surface area contributed by atoms with Gasteiger partial charge in [-0.3, -0.25) is 4.40 Å². The third-order valence-corrected chi connectivity index (χ3v) is 4.94. The van der Waals surface area contributed by atoms with Gasteiger partial charge in [-0.1, -0.05) is 42.5 Å². The summed E-state index contributed by atoms with van der Waals surface area (Å²) in [5, 5.41) is 11.4. The van der Waals surface area contributed by atoms with Crippen molar-refractivity contribution >= 4 is 16.3 Å². The average Bonchev–Trinajstić information content (AvgIpc) is 3.23. The Morgan fingerprint density at radius 2 is 1.92 bits per heavy atom. The van der Waals surface area contributed by atoms with E-state index in [4.69, 9.17) is 9.72 Å². The molecule has 0 bridgehead atoms. The molecule has 0 fully saturated rings. The number of nitriles is 1. The van der Waals surface area contributed by atoms with E-state index in [0.717, 1.165) is 38.9 Å². The summed E-state index contributed by atoms with van der Waals surface area (Å²) < 4.78 is 7.43. The molecule has 0 aliphatic heterocycles. The zero-order chi connectivity index (χ0) is 17.2. The first-order valence-corrected chi connectivity index (χ1v) is 8.75. The summed E-state index contributed by atoms with van der Waals surface area (Å²) in [7, 11) is 1.66. The molecule has 25 heavy (non-hydrogen) atoms. The minimum Gasteiger partial charge on any atom is -0.497 e. The fraction of sp³-hybridized carbons (Fsp3) is 0.100. The summed E-state index contributed by atoms with van der Waals surface area (Å²) in [5.41, 5.74) is 4.89. The predicted molar refractivity (Wildman–Crippen MR) is 99.8 cm³/mol. The molecule has 122 valence electrons. The lowest BCUT2D eigenvalue weighted by Gasteiger charge is -2.06. The summed E-state index contributed by atoms with van der Waals surface area (Å²) >= 11 is 1.58. The molecule has 0 aliphatic carbocycles. The molecular weight excluding hydrogens is 330 g/mol. The number of aromatic nitrogens is 2. The molecule has 0 saturated heterocycles. The van der Waals surface area contributed by atoms with E-state index in [1.165, 1.54) is 0 Å². The number of ether oxygens (including phenoxy) is 1. The lowest BCUT2D eigenvalue weighted by Crippen LogP contribution is -1.95. The first kappa shape index (κ1) is 15.4. The van der Waals surface area contributed by atoms with Crippen molar-refractivity contribution in [2.45, 2.75) is 6.42 Å². The van der Waals surface area contributed by atoms with Crippen LogP contribution in [0.5, 0.6) is 5.75 Å². The number of fused-ring (bicyclic) bond motifs is 1. The molecule has 5 heteroatoms. The molecule has 0 amide bonds. The summed E-state index contributed by atoms with van der Waals surface area (Å²) in [6, 6.07) is 20.2. The number of imidazole rings is 1. The quantitative estimate of drug-likeness (QED) is 0.533. The zero-order valence-corrected chi connectivity index (χ0v) is 14.5. The lowest BCUT2D eigenvalue weighted by atomic mass is 10.1. The van der Waals surface area contributed by atoms with Gasteiger partial charge in [-0.25, -0.2) is 4.98 Å². The summed E-state index contributed by atoms with van der Waals surface area (Å²) in [5.74, 6) is 0.807. The molecule has 2 heterocycles. The van der Waals surface area contributed by atoms with E-state index in [2.05, 4.69) is 15.8 Å². The summed E-state index contributed by atoms with van der Waals surface area (Å²) in [6.45, 7) is 0. The van der Waals surface area contributed by atoms with Crippen molar-refractivity contribution in [1.29, 1.82) is 5.26 Å². The van der Waals surface area contributed by atoms with E-state index in [9.17, 15) is 5.26 Å². The van der Waals surface area contributed by atoms with Gasteiger partial charge < -0.3 is 4.74 Å². The normalized spacial score (nSPS) is 10.7. The number of nitrogens with zero attached hydrogens (tertiary/aromatic N) is 3. The Balaban J connectivity index is 1.96. The molecule has 2 aromatic carbocycles. The molecule has 4 rings (SSSR count). The summed E-state index contributed by atoms with van der Waals surface area (Å²) in [4.78, 5) is 5.68. The van der Waals surface area contributed by atoms with Gasteiger partial charge in [0.1, 0.15) is 5.75 Å². The van der Waals surface area contributed by atoms with Gasteiger partial charge in [0.25, 0.3) is 0 Å². The third kappa shape index (κ3) is 2.67. The Morgan fingerprint density at radius 1 is 1.12 bits per heavy atom. The minimum absolute atomic E-state index is 0.305. The second-order valence-corrected chi connectivity index (χ2v) is 6.42. The molecule has 0 N–H and O–H groups in total. The van der Waals surface area contributed by atoms with E-state index < -0.39 is 0 Å². The molecule has 0 spiro atoms. The number of methoxy groups -OCH3 is 1. The van der Waals surface area contributed by atoms with Crippen LogP contribution in [-0.2, 0) is 6.42 Å². The molecule has 0 saturated carbocycles. The Morgan fingerprint density at radius 3 is 2.68 bits per heavy atom. The maximum absolute atomic E-state index is 9.34. The van der Waals surface area contributed by atoms with Gasteiger partial charge in [-0.15, -0.1) is 11.3 Å². The highest BCUT2D eigenvalue weighted by Crippen LogP contribution is 2.34. The van der Waals surface area contributed by atoms with E-state index >= 15 is 0 Å². The molecular formula is C20H15N3OS. The number of hydrogen-bond donors (Lipinski definition) is 0. The minimum atomic E-state index is 0.305. The summed E-state index contributed by atoms with van der Waals surface area (Å²) in [6.07, 6.45) is 0.305. The van der Waals surface area contributed by atoms with Gasteiger partial charge >= 0.3 is 0 Å². The van der Waals surface area contributed by atoms with Crippen molar-refractivity contribution in [2.75, 3.05) is 7.11 Å². The topological polar surface area (TPSA) is 50.3 Å². The molecule has 2 aromatic heterocycles. The SMILES string of the molecule is COc1cccc(-c2csc3nc(-c4ccccc4)c(CC#N)n23)c1. The molecule has 0 atom stereocenters. The average molecular weight is 345 g/mol. The Hall–Kier alpha value is -3.10. The van der Waals surface area contributed by atoms with Gasteiger partial charge in [0.2, 0.25) is 0 Å². The van der Waals surface area contributed by atoms with Gasteiger partial charge in [0.15, 0.2) is 4.96 Å². The van der Waals surface area contributed by atoms with Gasteiger partial charge in [0, 0.05) is 16.5 Å². The maximum atomic E-state index is 9.34. The highest BCUT2D eigenvalue weighted by Gasteiger charge is 2.18. The second kappa shape index (κ2) is 6.42.